The molecule has 0 radical (unpaired) electrons. The molecule has 1 aromatic heterocycles. The molecule has 0 bridgehead atoms. The lowest BCUT2D eigenvalue weighted by molar-refractivity contribution is 0.628. The molecule has 6 heteroatoms. The van der Waals surface area contributed by atoms with Crippen LogP contribution < -0.4 is 5.56 Å². The van der Waals surface area contributed by atoms with Gasteiger partial charge >= 0.3 is 0 Å². The maximum atomic E-state index is 13.1. The first kappa shape index (κ1) is 15.2. The van der Waals surface area contributed by atoms with Gasteiger partial charge in [-0.05, 0) is 37.3 Å². The first-order chi connectivity index (χ1) is 11.1. The lowest BCUT2D eigenvalue weighted by Crippen LogP contribution is -2.17. The van der Waals surface area contributed by atoms with Crippen LogP contribution in [0.4, 0.5) is 10.1 Å². The maximum absolute atomic E-state index is 13.1. The Morgan fingerprint density at radius 3 is 2.65 bits per heavy atom. The molecule has 0 amide bonds. The lowest BCUT2D eigenvalue weighted by atomic mass is 10.2. The van der Waals surface area contributed by atoms with Crippen LogP contribution in [-0.2, 0) is 0 Å². The maximum Gasteiger partial charge on any atom is 0.280 e. The molecule has 2 aromatic carbocycles. The Hall–Kier alpha value is -2.66. The van der Waals surface area contributed by atoms with Gasteiger partial charge in [-0.25, -0.2) is 9.07 Å². The number of halogens is 2. The molecule has 1 heterocycles. The molecule has 23 heavy (non-hydrogen) atoms. The summed E-state index contributed by atoms with van der Waals surface area (Å²) in [5.74, 6) is -0.505. The molecule has 0 aliphatic carbocycles. The van der Waals surface area contributed by atoms with E-state index in [0.717, 1.165) is 5.69 Å². The third-order valence-corrected chi connectivity index (χ3v) is 3.67. The molecule has 0 saturated carbocycles. The third kappa shape index (κ3) is 3.10. The predicted molar refractivity (Wildman–Crippen MR) is 89.8 cm³/mol. The van der Waals surface area contributed by atoms with Gasteiger partial charge in [0, 0.05) is 11.9 Å². The molecule has 0 spiro atoms. The number of hydrogen-bond donors (Lipinski definition) is 1. The highest BCUT2D eigenvalue weighted by atomic mass is 35.5. The summed E-state index contributed by atoms with van der Waals surface area (Å²) in [6, 6.07) is 13.4. The zero-order valence-corrected chi connectivity index (χ0v) is 13.0. The third-order valence-electron chi connectivity index (χ3n) is 3.38. The Morgan fingerprint density at radius 2 is 1.96 bits per heavy atom. The Labute approximate surface area is 136 Å². The van der Waals surface area contributed by atoms with Crippen LogP contribution in [0.5, 0.6) is 0 Å². The van der Waals surface area contributed by atoms with Crippen LogP contribution in [0.3, 0.4) is 0 Å². The second-order valence-electron chi connectivity index (χ2n) is 4.98. The van der Waals surface area contributed by atoms with E-state index in [2.05, 4.69) is 10.1 Å². The smallest absolute Gasteiger partial charge is 0.280 e. The number of nitrogens with one attached hydrogen (secondary N) is 1. The Morgan fingerprint density at radius 1 is 1.22 bits per heavy atom. The van der Waals surface area contributed by atoms with Crippen LogP contribution in [0.25, 0.3) is 5.69 Å². The molecule has 3 rings (SSSR count). The van der Waals surface area contributed by atoms with Crippen LogP contribution in [-0.4, -0.2) is 16.0 Å². The van der Waals surface area contributed by atoms with E-state index in [1.807, 2.05) is 30.3 Å². The molecule has 0 saturated heterocycles. The van der Waals surface area contributed by atoms with Gasteiger partial charge in [0.15, 0.2) is 0 Å². The SMILES string of the molecule is Cc1[nH]n(-c2ccccc2)c(=O)c1C=Nc1ccc(F)c(Cl)c1. The van der Waals surface area contributed by atoms with Gasteiger partial charge in [-0.3, -0.25) is 14.9 Å². The average Bonchev–Trinajstić information content (AvgIpc) is 2.84. The number of rotatable bonds is 3. The largest absolute Gasteiger partial charge is 0.295 e. The first-order valence-corrected chi connectivity index (χ1v) is 7.30. The van der Waals surface area contributed by atoms with Crippen LogP contribution >= 0.6 is 11.6 Å². The normalized spacial score (nSPS) is 11.3. The summed E-state index contributed by atoms with van der Waals surface area (Å²) in [5.41, 5.74) is 2.14. The quantitative estimate of drug-likeness (QED) is 0.725. The summed E-state index contributed by atoms with van der Waals surface area (Å²) in [5, 5.41) is 3.01. The van der Waals surface area contributed by atoms with E-state index in [0.29, 0.717) is 16.9 Å². The van der Waals surface area contributed by atoms with E-state index in [1.165, 1.54) is 29.1 Å². The minimum atomic E-state index is -0.505. The highest BCUT2D eigenvalue weighted by Crippen LogP contribution is 2.21. The molecule has 116 valence electrons. The zero-order chi connectivity index (χ0) is 16.4. The van der Waals surface area contributed by atoms with Gasteiger partial charge in [-0.2, -0.15) is 0 Å². The summed E-state index contributed by atoms with van der Waals surface area (Å²) in [6.07, 6.45) is 1.46. The van der Waals surface area contributed by atoms with E-state index in [-0.39, 0.29) is 10.6 Å². The van der Waals surface area contributed by atoms with Crippen LogP contribution in [0, 0.1) is 12.7 Å². The van der Waals surface area contributed by atoms with Crippen molar-refractivity contribution in [2.24, 2.45) is 4.99 Å². The van der Waals surface area contributed by atoms with Crippen molar-refractivity contribution in [3.05, 3.63) is 81.0 Å². The summed E-state index contributed by atoms with van der Waals surface area (Å²) >= 11 is 5.72. The van der Waals surface area contributed by atoms with Crippen molar-refractivity contribution in [2.45, 2.75) is 6.92 Å². The van der Waals surface area contributed by atoms with Crippen molar-refractivity contribution >= 4 is 23.5 Å². The summed E-state index contributed by atoms with van der Waals surface area (Å²) < 4.78 is 14.6. The Bertz CT molecular complexity index is 929. The average molecular weight is 330 g/mol. The van der Waals surface area contributed by atoms with Gasteiger partial charge in [-0.15, -0.1) is 0 Å². The Balaban J connectivity index is 1.98. The fraction of sp³-hybridized carbons (Fsp3) is 0.0588. The van der Waals surface area contributed by atoms with Gasteiger partial charge in [-0.1, -0.05) is 29.8 Å². The van der Waals surface area contributed by atoms with Gasteiger partial charge in [0.25, 0.3) is 5.56 Å². The first-order valence-electron chi connectivity index (χ1n) is 6.92. The molecular formula is C17H13ClFN3O. The monoisotopic (exact) mass is 329 g/mol. The molecule has 0 aliphatic rings. The van der Waals surface area contributed by atoms with E-state index in [4.69, 9.17) is 11.6 Å². The van der Waals surface area contributed by atoms with Crippen molar-refractivity contribution < 1.29 is 4.39 Å². The predicted octanol–water partition coefficient (Wildman–Crippen LogP) is 4.02. The molecule has 0 unspecified atom stereocenters. The summed E-state index contributed by atoms with van der Waals surface area (Å²) in [7, 11) is 0. The van der Waals surface area contributed by atoms with E-state index in [1.54, 1.807) is 6.92 Å². The minimum absolute atomic E-state index is 0.00728. The number of aromatic amines is 1. The van der Waals surface area contributed by atoms with Gasteiger partial charge in [0.05, 0.1) is 22.0 Å². The number of aliphatic imine (C=N–C) groups is 1. The van der Waals surface area contributed by atoms with Crippen LogP contribution in [0.15, 0.2) is 58.3 Å². The number of hydrogen-bond acceptors (Lipinski definition) is 2. The molecule has 0 atom stereocenters. The molecule has 0 aliphatic heterocycles. The highest BCUT2D eigenvalue weighted by Gasteiger charge is 2.10. The fourth-order valence-corrected chi connectivity index (χ4v) is 2.35. The molecule has 4 nitrogen and oxygen atoms in total. The lowest BCUT2D eigenvalue weighted by Gasteiger charge is -1.99. The zero-order valence-electron chi connectivity index (χ0n) is 12.3. The molecule has 3 aromatic rings. The van der Waals surface area contributed by atoms with E-state index >= 15 is 0 Å². The van der Waals surface area contributed by atoms with Crippen molar-refractivity contribution in [3.8, 4) is 5.69 Å². The van der Waals surface area contributed by atoms with Crippen molar-refractivity contribution in [3.63, 3.8) is 0 Å². The molecule has 0 fully saturated rings. The van der Waals surface area contributed by atoms with Crippen LogP contribution in [0.1, 0.15) is 11.3 Å². The number of para-hydroxylation sites is 1. The topological polar surface area (TPSA) is 50.1 Å². The standard InChI is InChI=1S/C17H13ClFN3O/c1-11-14(10-20-12-7-8-16(19)15(18)9-12)17(23)22(21-11)13-5-3-2-4-6-13/h2-10,21H,1H3. The number of aromatic nitrogens is 2. The van der Waals surface area contributed by atoms with Crippen LogP contribution in [0.2, 0.25) is 5.02 Å². The van der Waals surface area contributed by atoms with Gasteiger partial charge in [0.2, 0.25) is 0 Å². The van der Waals surface area contributed by atoms with Gasteiger partial charge < -0.3 is 0 Å². The second kappa shape index (κ2) is 6.22. The van der Waals surface area contributed by atoms with E-state index < -0.39 is 5.82 Å². The number of nitrogens with zero attached hydrogens (tertiary/aromatic N) is 2. The minimum Gasteiger partial charge on any atom is -0.295 e. The molecule has 1 N–H and O–H groups in total. The van der Waals surface area contributed by atoms with Crippen molar-refractivity contribution in [2.75, 3.05) is 0 Å². The van der Waals surface area contributed by atoms with Gasteiger partial charge in [0.1, 0.15) is 5.82 Å². The number of aryl methyl sites for hydroxylation is 1. The number of H-pyrrole nitrogens is 1. The molecular weight excluding hydrogens is 317 g/mol. The number of benzene rings is 2. The highest BCUT2D eigenvalue weighted by molar-refractivity contribution is 6.31. The fourth-order valence-electron chi connectivity index (χ4n) is 2.17. The summed E-state index contributed by atoms with van der Waals surface area (Å²) in [6.45, 7) is 1.79. The Kier molecular flexibility index (Phi) is 4.12. The second-order valence-corrected chi connectivity index (χ2v) is 5.39. The van der Waals surface area contributed by atoms with Crippen molar-refractivity contribution in [1.82, 2.24) is 9.78 Å². The summed E-state index contributed by atoms with van der Waals surface area (Å²) in [4.78, 5) is 16.7. The van der Waals surface area contributed by atoms with E-state index in [9.17, 15) is 9.18 Å². The van der Waals surface area contributed by atoms with Crippen molar-refractivity contribution in [1.29, 1.82) is 0 Å².